The Morgan fingerprint density at radius 1 is 1.19 bits per heavy atom. The first kappa shape index (κ1) is 20.1. The summed E-state index contributed by atoms with van der Waals surface area (Å²) in [5.74, 6) is 1.97. The molecule has 1 amide bonds. The van der Waals surface area contributed by atoms with E-state index in [2.05, 4.69) is 10.2 Å². The van der Waals surface area contributed by atoms with Crippen molar-refractivity contribution in [2.75, 3.05) is 20.3 Å². The number of carbonyl (C=O) groups excluding carboxylic acids is 1. The van der Waals surface area contributed by atoms with Gasteiger partial charge in [-0.1, -0.05) is 18.2 Å². The molecule has 31 heavy (non-hydrogen) atoms. The highest BCUT2D eigenvalue weighted by atomic mass is 19.1. The lowest BCUT2D eigenvalue weighted by Crippen LogP contribution is -2.42. The van der Waals surface area contributed by atoms with Crippen LogP contribution in [-0.4, -0.2) is 43.2 Å². The fourth-order valence-corrected chi connectivity index (χ4v) is 5.17. The Kier molecular flexibility index (Phi) is 5.44. The number of methoxy groups -OCH3 is 1. The van der Waals surface area contributed by atoms with Crippen LogP contribution < -0.4 is 19.5 Å². The van der Waals surface area contributed by atoms with Crippen molar-refractivity contribution in [3.8, 4) is 17.2 Å². The maximum Gasteiger partial charge on any atom is 0.220 e. The van der Waals surface area contributed by atoms with Crippen LogP contribution >= 0.6 is 0 Å². The second-order valence-electron chi connectivity index (χ2n) is 8.39. The van der Waals surface area contributed by atoms with Crippen LogP contribution in [0.15, 0.2) is 36.4 Å². The molecule has 2 aromatic carbocycles. The SMILES string of the molecule is COc1cc2c(cc1CN1[C@@H]3CCCC(=O)N[C@H]3C[C@H]1c1ccccc1F)OCCO2. The van der Waals surface area contributed by atoms with Crippen LogP contribution in [0.25, 0.3) is 0 Å². The van der Waals surface area contributed by atoms with Crippen molar-refractivity contribution in [3.05, 3.63) is 53.3 Å². The Hall–Kier alpha value is -2.80. The minimum atomic E-state index is -0.213. The normalized spacial score (nSPS) is 25.5. The smallest absolute Gasteiger partial charge is 0.220 e. The number of benzene rings is 2. The van der Waals surface area contributed by atoms with Crippen molar-refractivity contribution in [1.82, 2.24) is 10.2 Å². The first-order valence-corrected chi connectivity index (χ1v) is 10.9. The van der Waals surface area contributed by atoms with Crippen LogP contribution in [0.2, 0.25) is 0 Å². The summed E-state index contributed by atoms with van der Waals surface area (Å²) in [6.45, 7) is 1.59. The van der Waals surface area contributed by atoms with Gasteiger partial charge in [-0.2, -0.15) is 0 Å². The minimum Gasteiger partial charge on any atom is -0.496 e. The first-order chi connectivity index (χ1) is 15.1. The summed E-state index contributed by atoms with van der Waals surface area (Å²) in [7, 11) is 1.64. The largest absolute Gasteiger partial charge is 0.496 e. The zero-order valence-corrected chi connectivity index (χ0v) is 17.6. The van der Waals surface area contributed by atoms with Gasteiger partial charge in [0, 0.05) is 48.3 Å². The monoisotopic (exact) mass is 426 g/mol. The molecule has 0 spiro atoms. The molecule has 3 aliphatic rings. The number of likely N-dealkylation sites (tertiary alicyclic amines) is 1. The Morgan fingerprint density at radius 2 is 1.97 bits per heavy atom. The molecule has 2 aromatic rings. The van der Waals surface area contributed by atoms with E-state index in [1.54, 1.807) is 13.2 Å². The van der Waals surface area contributed by atoms with Gasteiger partial charge in [0.05, 0.1) is 7.11 Å². The maximum absolute atomic E-state index is 14.8. The molecule has 0 aromatic heterocycles. The van der Waals surface area contributed by atoms with Gasteiger partial charge in [0.1, 0.15) is 24.8 Å². The molecule has 0 aliphatic carbocycles. The summed E-state index contributed by atoms with van der Waals surface area (Å²) in [6, 6.07) is 10.8. The predicted molar refractivity (Wildman–Crippen MR) is 113 cm³/mol. The number of carbonyl (C=O) groups is 1. The van der Waals surface area contributed by atoms with E-state index in [4.69, 9.17) is 14.2 Å². The molecule has 2 saturated heterocycles. The fourth-order valence-electron chi connectivity index (χ4n) is 5.17. The summed E-state index contributed by atoms with van der Waals surface area (Å²) in [4.78, 5) is 14.5. The molecule has 3 aliphatic heterocycles. The van der Waals surface area contributed by atoms with Gasteiger partial charge < -0.3 is 19.5 Å². The molecule has 0 saturated carbocycles. The number of rotatable bonds is 4. The highest BCUT2D eigenvalue weighted by Crippen LogP contribution is 2.44. The third-order valence-electron chi connectivity index (χ3n) is 6.58. The lowest BCUT2D eigenvalue weighted by atomic mass is 10.0. The van der Waals surface area contributed by atoms with Gasteiger partial charge in [-0.25, -0.2) is 4.39 Å². The zero-order chi connectivity index (χ0) is 21.4. The molecule has 5 rings (SSSR count). The van der Waals surface area contributed by atoms with E-state index in [0.29, 0.717) is 49.7 Å². The lowest BCUT2D eigenvalue weighted by Gasteiger charge is -2.32. The molecule has 0 radical (unpaired) electrons. The van der Waals surface area contributed by atoms with Crippen LogP contribution in [0.5, 0.6) is 17.2 Å². The van der Waals surface area contributed by atoms with E-state index >= 15 is 0 Å². The number of hydrogen-bond donors (Lipinski definition) is 1. The number of nitrogens with one attached hydrogen (secondary N) is 1. The lowest BCUT2D eigenvalue weighted by molar-refractivity contribution is -0.121. The van der Waals surface area contributed by atoms with Crippen LogP contribution in [0.1, 0.15) is 42.9 Å². The van der Waals surface area contributed by atoms with Crippen LogP contribution in [-0.2, 0) is 11.3 Å². The van der Waals surface area contributed by atoms with Gasteiger partial charge in [0.15, 0.2) is 11.5 Å². The number of ether oxygens (including phenoxy) is 3. The molecular formula is C24H27FN2O4. The molecular weight excluding hydrogens is 399 g/mol. The number of nitrogens with zero attached hydrogens (tertiary/aromatic N) is 1. The van der Waals surface area contributed by atoms with Crippen molar-refractivity contribution >= 4 is 5.91 Å². The average molecular weight is 426 g/mol. The van der Waals surface area contributed by atoms with E-state index in [-0.39, 0.29) is 29.8 Å². The summed E-state index contributed by atoms with van der Waals surface area (Å²) < 4.78 is 31.9. The average Bonchev–Trinajstić information content (AvgIpc) is 2.98. The molecule has 0 unspecified atom stereocenters. The summed E-state index contributed by atoms with van der Waals surface area (Å²) in [6.07, 6.45) is 2.94. The van der Waals surface area contributed by atoms with Gasteiger partial charge in [-0.05, 0) is 31.4 Å². The standard InChI is InChI=1S/C24H27FN2O4/c1-29-21-13-23-22(30-9-10-31-23)11-15(21)14-27-19-7-4-8-24(28)26-18(19)12-20(27)16-5-2-3-6-17(16)25/h2-3,5-6,11,13,18-20H,4,7-10,12,14H2,1H3,(H,26,28)/t18-,19+,20-/m0/s1. The van der Waals surface area contributed by atoms with Crippen LogP contribution in [0.3, 0.4) is 0 Å². The summed E-state index contributed by atoms with van der Waals surface area (Å²) in [5.41, 5.74) is 1.63. The number of amides is 1. The molecule has 164 valence electrons. The predicted octanol–water partition coefficient (Wildman–Crippen LogP) is 3.59. The third kappa shape index (κ3) is 3.82. The van der Waals surface area contributed by atoms with Gasteiger partial charge in [0.2, 0.25) is 5.91 Å². The van der Waals surface area contributed by atoms with E-state index in [9.17, 15) is 9.18 Å². The molecule has 1 N–H and O–H groups in total. The zero-order valence-electron chi connectivity index (χ0n) is 17.6. The van der Waals surface area contributed by atoms with Crippen LogP contribution in [0.4, 0.5) is 4.39 Å². The van der Waals surface area contributed by atoms with Gasteiger partial charge >= 0.3 is 0 Å². The molecule has 3 atom stereocenters. The number of fused-ring (bicyclic) bond motifs is 2. The first-order valence-electron chi connectivity index (χ1n) is 10.9. The van der Waals surface area contributed by atoms with Crippen molar-refractivity contribution in [1.29, 1.82) is 0 Å². The number of halogens is 1. The van der Waals surface area contributed by atoms with E-state index < -0.39 is 0 Å². The highest BCUT2D eigenvalue weighted by Gasteiger charge is 2.44. The Labute approximate surface area is 181 Å². The van der Waals surface area contributed by atoms with Gasteiger partial charge in [0.25, 0.3) is 0 Å². The van der Waals surface area contributed by atoms with Crippen molar-refractivity contribution < 1.29 is 23.4 Å². The Balaban J connectivity index is 1.52. The summed E-state index contributed by atoms with van der Waals surface area (Å²) >= 11 is 0. The highest BCUT2D eigenvalue weighted by molar-refractivity contribution is 5.76. The fraction of sp³-hybridized carbons (Fsp3) is 0.458. The van der Waals surface area contributed by atoms with Crippen molar-refractivity contribution in [2.24, 2.45) is 0 Å². The third-order valence-corrected chi connectivity index (χ3v) is 6.58. The molecule has 6 nitrogen and oxygen atoms in total. The minimum absolute atomic E-state index is 0.00260. The van der Waals surface area contributed by atoms with Crippen molar-refractivity contribution in [3.63, 3.8) is 0 Å². The van der Waals surface area contributed by atoms with E-state index in [0.717, 1.165) is 24.2 Å². The Bertz CT molecular complexity index is 982. The van der Waals surface area contributed by atoms with Gasteiger partial charge in [-0.15, -0.1) is 0 Å². The topological polar surface area (TPSA) is 60.0 Å². The maximum atomic E-state index is 14.8. The molecule has 0 bridgehead atoms. The molecule has 3 heterocycles. The van der Waals surface area contributed by atoms with Crippen molar-refractivity contribution in [2.45, 2.75) is 50.4 Å². The van der Waals surface area contributed by atoms with Gasteiger partial charge in [-0.3, -0.25) is 9.69 Å². The Morgan fingerprint density at radius 3 is 2.74 bits per heavy atom. The molecule has 7 heteroatoms. The second kappa shape index (κ2) is 8.38. The second-order valence-corrected chi connectivity index (χ2v) is 8.39. The number of hydrogen-bond acceptors (Lipinski definition) is 5. The van der Waals surface area contributed by atoms with E-state index in [1.165, 1.54) is 6.07 Å². The van der Waals surface area contributed by atoms with E-state index in [1.807, 2.05) is 24.3 Å². The molecule has 2 fully saturated rings. The summed E-state index contributed by atoms with van der Waals surface area (Å²) in [5, 5.41) is 3.18. The van der Waals surface area contributed by atoms with Crippen LogP contribution in [0, 0.1) is 5.82 Å². The quantitative estimate of drug-likeness (QED) is 0.810.